The lowest BCUT2D eigenvalue weighted by Crippen LogP contribution is -2.37. The molecule has 1 saturated carbocycles. The fraction of sp³-hybridized carbons (Fsp3) is 0.450. The molecule has 1 N–H and O–H groups in total. The van der Waals surface area contributed by atoms with Gasteiger partial charge in [0.1, 0.15) is 12.4 Å². The molecule has 7 heteroatoms. The quantitative estimate of drug-likeness (QED) is 0.527. The van der Waals surface area contributed by atoms with Gasteiger partial charge in [-0.15, -0.1) is 16.8 Å². The molecule has 1 aliphatic rings. The summed E-state index contributed by atoms with van der Waals surface area (Å²) in [5.74, 6) is 1.90. The van der Waals surface area contributed by atoms with Gasteiger partial charge in [0.25, 0.3) is 0 Å². The number of thioether (sulfide) groups is 1. The van der Waals surface area contributed by atoms with Gasteiger partial charge in [-0.25, -0.2) is 0 Å². The Morgan fingerprint density at radius 1 is 1.26 bits per heavy atom. The standard InChI is InChI=1S/C20H26N4O2S/c1-2-13-24-18(14-26-17-11-7-4-8-12-17)22-23-20(24)27-15-19(25)21-16-9-5-3-6-10-16/h2,4,7-8,11-12,16H,1,3,5-6,9-10,13-15H2,(H,21,25). The van der Waals surface area contributed by atoms with Gasteiger partial charge in [0.05, 0.1) is 5.75 Å². The largest absolute Gasteiger partial charge is 0.486 e. The number of aromatic nitrogens is 3. The van der Waals surface area contributed by atoms with Crippen molar-refractivity contribution in [3.8, 4) is 5.75 Å². The van der Waals surface area contributed by atoms with Crippen LogP contribution in [0.4, 0.5) is 0 Å². The number of carbonyl (C=O) groups excluding carboxylic acids is 1. The van der Waals surface area contributed by atoms with Gasteiger partial charge < -0.3 is 10.1 Å². The summed E-state index contributed by atoms with van der Waals surface area (Å²) in [6, 6.07) is 9.93. The average molecular weight is 387 g/mol. The molecule has 0 aliphatic heterocycles. The van der Waals surface area contributed by atoms with Crippen molar-refractivity contribution in [2.45, 2.75) is 56.5 Å². The monoisotopic (exact) mass is 386 g/mol. The number of benzene rings is 1. The van der Waals surface area contributed by atoms with Crippen molar-refractivity contribution in [1.29, 1.82) is 0 Å². The highest BCUT2D eigenvalue weighted by Gasteiger charge is 2.18. The fourth-order valence-corrected chi connectivity index (χ4v) is 3.93. The van der Waals surface area contributed by atoms with Crippen LogP contribution in [0.25, 0.3) is 0 Å². The highest BCUT2D eigenvalue weighted by Crippen LogP contribution is 2.20. The number of rotatable bonds is 9. The number of nitrogens with zero attached hydrogens (tertiary/aromatic N) is 3. The first-order chi connectivity index (χ1) is 13.3. The lowest BCUT2D eigenvalue weighted by Gasteiger charge is -2.22. The van der Waals surface area contributed by atoms with Gasteiger partial charge in [-0.05, 0) is 25.0 Å². The predicted octanol–water partition coefficient (Wildman–Crippen LogP) is 3.58. The van der Waals surface area contributed by atoms with E-state index in [1.165, 1.54) is 31.0 Å². The molecule has 6 nitrogen and oxygen atoms in total. The third-order valence-corrected chi connectivity index (χ3v) is 5.49. The first-order valence-electron chi connectivity index (χ1n) is 9.39. The van der Waals surface area contributed by atoms with Crippen molar-refractivity contribution in [1.82, 2.24) is 20.1 Å². The molecule has 1 aromatic heterocycles. The molecule has 0 spiro atoms. The smallest absolute Gasteiger partial charge is 0.230 e. The minimum absolute atomic E-state index is 0.0575. The van der Waals surface area contributed by atoms with Gasteiger partial charge in [0.2, 0.25) is 5.91 Å². The topological polar surface area (TPSA) is 69.0 Å². The molecule has 0 bridgehead atoms. The molecule has 0 unspecified atom stereocenters. The fourth-order valence-electron chi connectivity index (χ4n) is 3.16. The van der Waals surface area contributed by atoms with E-state index < -0.39 is 0 Å². The Bertz CT molecular complexity index is 742. The van der Waals surface area contributed by atoms with E-state index in [9.17, 15) is 4.79 Å². The summed E-state index contributed by atoms with van der Waals surface area (Å²) in [5.41, 5.74) is 0. The number of carbonyl (C=O) groups is 1. The van der Waals surface area contributed by atoms with E-state index in [1.54, 1.807) is 6.08 Å². The Morgan fingerprint density at radius 3 is 2.78 bits per heavy atom. The van der Waals surface area contributed by atoms with Crippen LogP contribution >= 0.6 is 11.8 Å². The molecule has 0 radical (unpaired) electrons. The first kappa shape index (κ1) is 19.5. The summed E-state index contributed by atoms with van der Waals surface area (Å²) < 4.78 is 7.71. The molecule has 1 amide bonds. The molecule has 0 atom stereocenters. The molecular weight excluding hydrogens is 360 g/mol. The van der Waals surface area contributed by atoms with Crippen LogP contribution < -0.4 is 10.1 Å². The van der Waals surface area contributed by atoms with Gasteiger partial charge >= 0.3 is 0 Å². The van der Waals surface area contributed by atoms with Crippen molar-refractivity contribution in [2.24, 2.45) is 0 Å². The van der Waals surface area contributed by atoms with Gasteiger partial charge in [-0.1, -0.05) is 55.3 Å². The van der Waals surface area contributed by atoms with E-state index in [4.69, 9.17) is 4.74 Å². The molecule has 1 heterocycles. The van der Waals surface area contributed by atoms with Crippen molar-refractivity contribution in [3.63, 3.8) is 0 Å². The third kappa shape index (κ3) is 5.85. The zero-order chi connectivity index (χ0) is 18.9. The SMILES string of the molecule is C=CCn1c(COc2ccccc2)nnc1SCC(=O)NC1CCCCC1. The number of para-hydroxylation sites is 1. The molecule has 1 aliphatic carbocycles. The Hall–Kier alpha value is -2.28. The molecule has 0 saturated heterocycles. The van der Waals surface area contributed by atoms with E-state index in [0.29, 0.717) is 35.9 Å². The maximum Gasteiger partial charge on any atom is 0.230 e. The Kier molecular flexibility index (Phi) is 7.33. The number of nitrogens with one attached hydrogen (secondary N) is 1. The summed E-state index contributed by atoms with van der Waals surface area (Å²) in [6.45, 7) is 4.70. The maximum absolute atomic E-state index is 12.2. The number of hydrogen-bond donors (Lipinski definition) is 1. The molecule has 2 aromatic rings. The Labute approximate surface area is 164 Å². The van der Waals surface area contributed by atoms with Gasteiger partial charge in [-0.2, -0.15) is 0 Å². The van der Waals surface area contributed by atoms with E-state index in [1.807, 2.05) is 34.9 Å². The van der Waals surface area contributed by atoms with Crippen molar-refractivity contribution < 1.29 is 9.53 Å². The average Bonchev–Trinajstić information content (AvgIpc) is 3.08. The van der Waals surface area contributed by atoms with E-state index >= 15 is 0 Å². The van der Waals surface area contributed by atoms with E-state index in [0.717, 1.165) is 18.6 Å². The third-order valence-electron chi connectivity index (χ3n) is 4.52. The van der Waals surface area contributed by atoms with Crippen LogP contribution in [-0.4, -0.2) is 32.5 Å². The second-order valence-electron chi connectivity index (χ2n) is 6.59. The van der Waals surface area contributed by atoms with Crippen molar-refractivity contribution in [3.05, 3.63) is 48.8 Å². The van der Waals surface area contributed by atoms with Gasteiger partial charge in [0, 0.05) is 12.6 Å². The second-order valence-corrected chi connectivity index (χ2v) is 7.53. The lowest BCUT2D eigenvalue weighted by molar-refractivity contribution is -0.119. The molecule has 3 rings (SSSR count). The first-order valence-corrected chi connectivity index (χ1v) is 10.4. The van der Waals surface area contributed by atoms with E-state index in [2.05, 4.69) is 22.1 Å². The molecule has 144 valence electrons. The predicted molar refractivity (Wildman–Crippen MR) is 107 cm³/mol. The summed E-state index contributed by atoms with van der Waals surface area (Å²) in [6.07, 6.45) is 7.66. The summed E-state index contributed by atoms with van der Waals surface area (Å²) in [7, 11) is 0. The zero-order valence-electron chi connectivity index (χ0n) is 15.5. The van der Waals surface area contributed by atoms with Crippen molar-refractivity contribution in [2.75, 3.05) is 5.75 Å². The van der Waals surface area contributed by atoms with Crippen LogP contribution in [0.15, 0.2) is 48.1 Å². The van der Waals surface area contributed by atoms with Crippen LogP contribution in [0.2, 0.25) is 0 Å². The molecule has 27 heavy (non-hydrogen) atoms. The summed E-state index contributed by atoms with van der Waals surface area (Å²) >= 11 is 1.40. The van der Waals surface area contributed by atoms with E-state index in [-0.39, 0.29) is 5.91 Å². The highest BCUT2D eigenvalue weighted by atomic mass is 32.2. The Morgan fingerprint density at radius 2 is 2.04 bits per heavy atom. The van der Waals surface area contributed by atoms with Crippen LogP contribution in [0, 0.1) is 0 Å². The minimum Gasteiger partial charge on any atom is -0.486 e. The number of hydrogen-bond acceptors (Lipinski definition) is 5. The molecular formula is C20H26N4O2S. The number of allylic oxidation sites excluding steroid dienone is 1. The van der Waals surface area contributed by atoms with Crippen LogP contribution in [0.1, 0.15) is 37.9 Å². The molecule has 1 aromatic carbocycles. The highest BCUT2D eigenvalue weighted by molar-refractivity contribution is 7.99. The van der Waals surface area contributed by atoms with Gasteiger partial charge in [0.15, 0.2) is 11.0 Å². The number of ether oxygens (including phenoxy) is 1. The molecule has 1 fully saturated rings. The second kappa shape index (κ2) is 10.2. The van der Waals surface area contributed by atoms with Crippen molar-refractivity contribution >= 4 is 17.7 Å². The minimum atomic E-state index is 0.0575. The van der Waals surface area contributed by atoms with Crippen LogP contribution in [-0.2, 0) is 17.9 Å². The maximum atomic E-state index is 12.2. The normalized spacial score (nSPS) is 14.7. The zero-order valence-corrected chi connectivity index (χ0v) is 16.3. The lowest BCUT2D eigenvalue weighted by atomic mass is 9.95. The van der Waals surface area contributed by atoms with Crippen LogP contribution in [0.3, 0.4) is 0 Å². The number of amides is 1. The van der Waals surface area contributed by atoms with Gasteiger partial charge in [-0.3, -0.25) is 9.36 Å². The summed E-state index contributed by atoms with van der Waals surface area (Å²) in [4.78, 5) is 12.2. The summed E-state index contributed by atoms with van der Waals surface area (Å²) in [5, 5.41) is 12.3. The Balaban J connectivity index is 1.55. The van der Waals surface area contributed by atoms with Crippen LogP contribution in [0.5, 0.6) is 5.75 Å².